The number of hydrogen-bond acceptors (Lipinski definition) is 8. The van der Waals surface area contributed by atoms with Crippen LogP contribution in [0, 0.1) is 6.92 Å². The van der Waals surface area contributed by atoms with Gasteiger partial charge in [0, 0.05) is 12.1 Å². The number of fused-ring (bicyclic) bond motifs is 1. The van der Waals surface area contributed by atoms with Crippen molar-refractivity contribution < 1.29 is 36.5 Å². The van der Waals surface area contributed by atoms with Gasteiger partial charge in [-0.1, -0.05) is 17.4 Å². The molecule has 9 nitrogen and oxygen atoms in total. The van der Waals surface area contributed by atoms with E-state index in [4.69, 9.17) is 4.74 Å². The van der Waals surface area contributed by atoms with Crippen LogP contribution in [0.3, 0.4) is 0 Å². The van der Waals surface area contributed by atoms with Crippen molar-refractivity contribution in [3.8, 4) is 11.3 Å². The van der Waals surface area contributed by atoms with Gasteiger partial charge in [0.1, 0.15) is 16.2 Å². The first-order valence-electron chi connectivity index (χ1n) is 9.71. The van der Waals surface area contributed by atoms with Gasteiger partial charge in [0.15, 0.2) is 0 Å². The molecule has 14 heteroatoms. The fourth-order valence-corrected chi connectivity index (χ4v) is 5.62. The maximum atomic E-state index is 13.7. The maximum absolute atomic E-state index is 13.7. The summed E-state index contributed by atoms with van der Waals surface area (Å²) in [5.41, 5.74) is -3.21. The zero-order valence-electron chi connectivity index (χ0n) is 17.8. The fraction of sp³-hybridized carbons (Fsp3) is 0.474. The van der Waals surface area contributed by atoms with Crippen LogP contribution in [0.25, 0.3) is 16.2 Å². The molecule has 0 atom stereocenters. The number of sulfonamides is 1. The minimum atomic E-state index is -4.93. The Balaban J connectivity index is 1.83. The van der Waals surface area contributed by atoms with E-state index >= 15 is 0 Å². The van der Waals surface area contributed by atoms with Crippen LogP contribution in [0.4, 0.5) is 13.2 Å². The van der Waals surface area contributed by atoms with Gasteiger partial charge in [0.25, 0.3) is 0 Å². The molecule has 1 saturated heterocycles. The minimum absolute atomic E-state index is 0.123. The lowest BCUT2D eigenvalue weighted by atomic mass is 10.0. The number of aryl methyl sites for hydroxylation is 1. The number of nitrogens with zero attached hydrogens (tertiary/aromatic N) is 3. The van der Waals surface area contributed by atoms with Crippen molar-refractivity contribution in [1.29, 1.82) is 0 Å². The Morgan fingerprint density at radius 2 is 1.97 bits per heavy atom. The molecule has 0 amide bonds. The Morgan fingerprint density at radius 1 is 1.30 bits per heavy atom. The molecular formula is C19H21F3N4O5S2. The molecule has 1 fully saturated rings. The molecule has 1 aliphatic rings. The zero-order valence-corrected chi connectivity index (χ0v) is 19.4. The molecule has 1 aromatic carbocycles. The average Bonchev–Trinajstić information content (AvgIpc) is 3.20. The number of alkyl halides is 3. The number of rotatable bonds is 6. The van der Waals surface area contributed by atoms with Gasteiger partial charge in [-0.15, -0.1) is 0 Å². The molecular weight excluding hydrogens is 485 g/mol. The lowest BCUT2D eigenvalue weighted by Gasteiger charge is -2.36. The number of halogens is 3. The molecule has 1 aliphatic heterocycles. The summed E-state index contributed by atoms with van der Waals surface area (Å²) < 4.78 is 74.9. The van der Waals surface area contributed by atoms with Crippen LogP contribution in [0.15, 0.2) is 23.1 Å². The van der Waals surface area contributed by atoms with Crippen LogP contribution < -0.4 is 4.72 Å². The standard InChI is InChI=1S/C19H21F3N4O5S2/c1-10-14(26-16(24-10)32-15(25-26)17(2,3)27)11-4-5-12(19(20,21)22)13(6-11)33(29,30)23-7-18(28)8-31-9-18/h4-6,23,27-28H,7-9H2,1-3H3. The largest absolute Gasteiger partial charge is 0.417 e. The minimum Gasteiger partial charge on any atom is -0.384 e. The summed E-state index contributed by atoms with van der Waals surface area (Å²) in [6, 6.07) is 2.74. The molecule has 0 bridgehead atoms. The number of imidazole rings is 1. The molecule has 0 aliphatic carbocycles. The lowest BCUT2D eigenvalue weighted by molar-refractivity contribution is -0.172. The molecule has 3 aromatic rings. The highest BCUT2D eigenvalue weighted by Crippen LogP contribution is 2.38. The Hall–Kier alpha value is -2.10. The third-order valence-electron chi connectivity index (χ3n) is 5.08. The van der Waals surface area contributed by atoms with Gasteiger partial charge in [0.2, 0.25) is 15.0 Å². The van der Waals surface area contributed by atoms with Crippen LogP contribution in [0.5, 0.6) is 0 Å². The number of aromatic nitrogens is 3. The number of aliphatic hydroxyl groups is 2. The summed E-state index contributed by atoms with van der Waals surface area (Å²) in [5, 5.41) is 25.0. The van der Waals surface area contributed by atoms with Crippen molar-refractivity contribution in [3.05, 3.63) is 34.5 Å². The van der Waals surface area contributed by atoms with Gasteiger partial charge in [-0.25, -0.2) is 22.6 Å². The number of hydrogen-bond donors (Lipinski definition) is 3. The molecule has 33 heavy (non-hydrogen) atoms. The van der Waals surface area contributed by atoms with Crippen LogP contribution in [-0.2, 0) is 26.5 Å². The fourth-order valence-electron chi connectivity index (χ4n) is 3.30. The second kappa shape index (κ2) is 7.71. The highest BCUT2D eigenvalue weighted by molar-refractivity contribution is 7.89. The van der Waals surface area contributed by atoms with E-state index in [0.29, 0.717) is 27.4 Å². The Bertz CT molecular complexity index is 1320. The Morgan fingerprint density at radius 3 is 2.52 bits per heavy atom. The Kier molecular flexibility index (Phi) is 5.62. The van der Waals surface area contributed by atoms with E-state index < -0.39 is 44.4 Å². The molecule has 180 valence electrons. The Labute approximate surface area is 190 Å². The molecule has 0 spiro atoms. The normalized spacial score (nSPS) is 16.8. The molecule has 3 heterocycles. The van der Waals surface area contributed by atoms with Gasteiger partial charge in [-0.3, -0.25) is 0 Å². The first kappa shape index (κ1) is 24.0. The van der Waals surface area contributed by atoms with E-state index in [1.807, 2.05) is 0 Å². The molecule has 0 saturated carbocycles. The summed E-state index contributed by atoms with van der Waals surface area (Å²) in [6.45, 7) is 3.95. The van der Waals surface area contributed by atoms with Crippen molar-refractivity contribution in [1.82, 2.24) is 19.3 Å². The lowest BCUT2D eigenvalue weighted by Crippen LogP contribution is -2.56. The van der Waals surface area contributed by atoms with Crippen LogP contribution >= 0.6 is 11.3 Å². The van der Waals surface area contributed by atoms with Crippen LogP contribution in [0.2, 0.25) is 0 Å². The molecule has 3 N–H and O–H groups in total. The smallest absolute Gasteiger partial charge is 0.384 e. The molecule has 2 aromatic heterocycles. The summed E-state index contributed by atoms with van der Waals surface area (Å²) in [5.74, 6) is 0. The quantitative estimate of drug-likeness (QED) is 0.467. The SMILES string of the molecule is Cc1nc2sc(C(C)(C)O)nn2c1-c1ccc(C(F)(F)F)c(S(=O)(=O)NCC2(O)COC2)c1. The highest BCUT2D eigenvalue weighted by atomic mass is 32.2. The van der Waals surface area contributed by atoms with Gasteiger partial charge < -0.3 is 14.9 Å². The van der Waals surface area contributed by atoms with Gasteiger partial charge in [0.05, 0.1) is 35.1 Å². The number of ether oxygens (including phenoxy) is 1. The topological polar surface area (TPSA) is 126 Å². The van der Waals surface area contributed by atoms with E-state index in [0.717, 1.165) is 23.5 Å². The predicted octanol–water partition coefficient (Wildman–Crippen LogP) is 2.05. The highest BCUT2D eigenvalue weighted by Gasteiger charge is 2.40. The summed E-state index contributed by atoms with van der Waals surface area (Å²) >= 11 is 1.11. The van der Waals surface area contributed by atoms with Gasteiger partial charge >= 0.3 is 6.18 Å². The van der Waals surface area contributed by atoms with E-state index in [2.05, 4.69) is 14.8 Å². The predicted molar refractivity (Wildman–Crippen MR) is 112 cm³/mol. The average molecular weight is 507 g/mol. The summed E-state index contributed by atoms with van der Waals surface area (Å²) in [7, 11) is -4.65. The van der Waals surface area contributed by atoms with Crippen molar-refractivity contribution >= 4 is 26.3 Å². The van der Waals surface area contributed by atoms with Crippen molar-refractivity contribution in [2.45, 2.75) is 43.0 Å². The zero-order chi connectivity index (χ0) is 24.4. The van der Waals surface area contributed by atoms with Crippen molar-refractivity contribution in [3.63, 3.8) is 0 Å². The molecule has 4 rings (SSSR count). The van der Waals surface area contributed by atoms with E-state index in [9.17, 15) is 31.8 Å². The van der Waals surface area contributed by atoms with Crippen LogP contribution in [-0.4, -0.2) is 58.6 Å². The first-order valence-corrected chi connectivity index (χ1v) is 12.0. The first-order chi connectivity index (χ1) is 15.1. The van der Waals surface area contributed by atoms with Crippen molar-refractivity contribution in [2.24, 2.45) is 0 Å². The number of nitrogens with one attached hydrogen (secondary N) is 1. The van der Waals surface area contributed by atoms with E-state index in [1.165, 1.54) is 18.4 Å². The monoisotopic (exact) mass is 506 g/mol. The van der Waals surface area contributed by atoms with Gasteiger partial charge in [-0.05, 0) is 32.9 Å². The second-order valence-corrected chi connectivity index (χ2v) is 11.1. The summed E-state index contributed by atoms with van der Waals surface area (Å²) in [6.07, 6.45) is -4.93. The maximum Gasteiger partial charge on any atom is 0.417 e. The third kappa shape index (κ3) is 4.50. The number of benzene rings is 1. The van der Waals surface area contributed by atoms with Crippen molar-refractivity contribution in [2.75, 3.05) is 19.8 Å². The van der Waals surface area contributed by atoms with E-state index in [-0.39, 0.29) is 18.8 Å². The van der Waals surface area contributed by atoms with Gasteiger partial charge in [-0.2, -0.15) is 18.3 Å². The van der Waals surface area contributed by atoms with Crippen LogP contribution in [0.1, 0.15) is 30.1 Å². The molecule has 0 unspecified atom stereocenters. The third-order valence-corrected chi connectivity index (χ3v) is 7.75. The summed E-state index contributed by atoms with van der Waals surface area (Å²) in [4.78, 5) is 3.76. The second-order valence-electron chi connectivity index (χ2n) is 8.46. The van der Waals surface area contributed by atoms with E-state index in [1.54, 1.807) is 6.92 Å². The molecule has 0 radical (unpaired) electrons.